The lowest BCUT2D eigenvalue weighted by Gasteiger charge is -2.12. The summed E-state index contributed by atoms with van der Waals surface area (Å²) < 4.78 is 10.9. The average Bonchev–Trinajstić information content (AvgIpc) is 3.05. The third-order valence-electron chi connectivity index (χ3n) is 3.79. The highest BCUT2D eigenvalue weighted by atomic mass is 16.5. The zero-order chi connectivity index (χ0) is 15.8. The summed E-state index contributed by atoms with van der Waals surface area (Å²) in [5.74, 6) is 1.39. The van der Waals surface area contributed by atoms with Gasteiger partial charge < -0.3 is 9.47 Å². The Kier molecular flexibility index (Phi) is 3.08. The smallest absolute Gasteiger partial charge is 0.132 e. The monoisotopic (exact) mass is 306 g/mol. The molecule has 2 aromatic heterocycles. The van der Waals surface area contributed by atoms with E-state index in [0.717, 1.165) is 27.5 Å². The molecule has 23 heavy (non-hydrogen) atoms. The van der Waals surface area contributed by atoms with Crippen molar-refractivity contribution in [1.29, 1.82) is 0 Å². The molecule has 0 saturated carbocycles. The molecule has 0 fully saturated rings. The predicted octanol–water partition coefficient (Wildman–Crippen LogP) is 3.19. The van der Waals surface area contributed by atoms with Gasteiger partial charge in [-0.05, 0) is 24.3 Å². The molecule has 0 aliphatic rings. The molecule has 1 N–H and O–H groups in total. The minimum absolute atomic E-state index is 0.697. The van der Waals surface area contributed by atoms with Gasteiger partial charge >= 0.3 is 0 Å². The molecule has 114 valence electrons. The van der Waals surface area contributed by atoms with Gasteiger partial charge in [0, 0.05) is 5.39 Å². The number of hydrogen-bond donors (Lipinski definition) is 1. The number of benzene rings is 2. The number of aromatic nitrogens is 4. The largest absolute Gasteiger partial charge is 0.496 e. The van der Waals surface area contributed by atoms with Crippen LogP contribution in [-0.2, 0) is 0 Å². The van der Waals surface area contributed by atoms with Crippen LogP contribution in [0.15, 0.2) is 42.7 Å². The number of hydrogen-bond acceptors (Lipinski definition) is 5. The Morgan fingerprint density at radius 1 is 0.957 bits per heavy atom. The molecule has 0 aliphatic carbocycles. The topological polar surface area (TPSA) is 72.9 Å². The van der Waals surface area contributed by atoms with Crippen molar-refractivity contribution in [3.63, 3.8) is 0 Å². The van der Waals surface area contributed by atoms with Crippen LogP contribution in [0.25, 0.3) is 33.2 Å². The van der Waals surface area contributed by atoms with Gasteiger partial charge in [0.1, 0.15) is 11.5 Å². The zero-order valence-electron chi connectivity index (χ0n) is 12.7. The van der Waals surface area contributed by atoms with Gasteiger partial charge in [0.2, 0.25) is 0 Å². The second-order valence-corrected chi connectivity index (χ2v) is 5.09. The maximum atomic E-state index is 5.45. The van der Waals surface area contributed by atoms with Gasteiger partial charge in [0.25, 0.3) is 0 Å². The van der Waals surface area contributed by atoms with Crippen LogP contribution in [0.3, 0.4) is 0 Å². The summed E-state index contributed by atoms with van der Waals surface area (Å²) in [7, 11) is 3.25. The van der Waals surface area contributed by atoms with E-state index in [1.54, 1.807) is 26.6 Å². The Bertz CT molecular complexity index is 988. The van der Waals surface area contributed by atoms with Crippen molar-refractivity contribution in [3.05, 3.63) is 42.7 Å². The Balaban J connectivity index is 1.97. The predicted molar refractivity (Wildman–Crippen MR) is 87.7 cm³/mol. The number of rotatable bonds is 3. The normalized spacial score (nSPS) is 11.0. The molecule has 0 aliphatic heterocycles. The number of fused-ring (bicyclic) bond motifs is 2. The van der Waals surface area contributed by atoms with Crippen molar-refractivity contribution in [2.75, 3.05) is 14.2 Å². The lowest BCUT2D eigenvalue weighted by atomic mass is 10.1. The van der Waals surface area contributed by atoms with Crippen LogP contribution in [0.1, 0.15) is 0 Å². The van der Waals surface area contributed by atoms with E-state index in [1.807, 2.05) is 30.3 Å². The lowest BCUT2D eigenvalue weighted by Crippen LogP contribution is -1.96. The molecule has 0 amide bonds. The van der Waals surface area contributed by atoms with Crippen molar-refractivity contribution in [1.82, 2.24) is 20.2 Å². The van der Waals surface area contributed by atoms with E-state index < -0.39 is 0 Å². The van der Waals surface area contributed by atoms with E-state index in [2.05, 4.69) is 15.2 Å². The lowest BCUT2D eigenvalue weighted by molar-refractivity contribution is 0.397. The number of methoxy groups -OCH3 is 2. The Morgan fingerprint density at radius 3 is 2.48 bits per heavy atom. The Hall–Kier alpha value is -3.15. The molecule has 0 spiro atoms. The van der Waals surface area contributed by atoms with Crippen molar-refractivity contribution in [2.24, 2.45) is 0 Å². The second-order valence-electron chi connectivity index (χ2n) is 5.09. The van der Waals surface area contributed by atoms with E-state index in [1.165, 1.54) is 0 Å². The highest BCUT2D eigenvalue weighted by molar-refractivity contribution is 5.93. The molecule has 0 bridgehead atoms. The summed E-state index contributed by atoms with van der Waals surface area (Å²) in [6.45, 7) is 0. The van der Waals surface area contributed by atoms with Gasteiger partial charge in [-0.15, -0.1) is 0 Å². The van der Waals surface area contributed by atoms with Gasteiger partial charge in [-0.25, -0.2) is 4.98 Å². The summed E-state index contributed by atoms with van der Waals surface area (Å²) >= 11 is 0. The minimum atomic E-state index is 0.697. The molecule has 4 rings (SSSR count). The first-order chi connectivity index (χ1) is 11.3. The molecule has 4 aromatic rings. The molecule has 6 heteroatoms. The molecule has 0 radical (unpaired) electrons. The van der Waals surface area contributed by atoms with E-state index in [4.69, 9.17) is 14.5 Å². The highest BCUT2D eigenvalue weighted by Crippen LogP contribution is 2.37. The van der Waals surface area contributed by atoms with E-state index >= 15 is 0 Å². The number of ether oxygens (including phenoxy) is 2. The third-order valence-corrected chi connectivity index (χ3v) is 3.79. The summed E-state index contributed by atoms with van der Waals surface area (Å²) in [6.07, 6.45) is 3.50. The molecule has 6 nitrogen and oxygen atoms in total. The van der Waals surface area contributed by atoms with Gasteiger partial charge in [-0.1, -0.05) is 6.07 Å². The molecule has 2 heterocycles. The van der Waals surface area contributed by atoms with Gasteiger partial charge in [0.05, 0.1) is 54.4 Å². The van der Waals surface area contributed by atoms with Crippen LogP contribution in [0, 0.1) is 0 Å². The van der Waals surface area contributed by atoms with Gasteiger partial charge in [0.15, 0.2) is 0 Å². The van der Waals surface area contributed by atoms with E-state index in [9.17, 15) is 0 Å². The first kappa shape index (κ1) is 13.5. The summed E-state index contributed by atoms with van der Waals surface area (Å²) in [5.41, 5.74) is 4.03. The zero-order valence-corrected chi connectivity index (χ0v) is 12.7. The molecular weight excluding hydrogens is 292 g/mol. The fourth-order valence-electron chi connectivity index (χ4n) is 2.67. The molecule has 0 unspecified atom stereocenters. The number of nitrogens with zero attached hydrogens (tertiary/aromatic N) is 3. The van der Waals surface area contributed by atoms with E-state index in [-0.39, 0.29) is 0 Å². The van der Waals surface area contributed by atoms with Crippen molar-refractivity contribution in [3.8, 4) is 22.8 Å². The number of nitrogens with one attached hydrogen (secondary N) is 1. The summed E-state index contributed by atoms with van der Waals surface area (Å²) in [4.78, 5) is 9.24. The minimum Gasteiger partial charge on any atom is -0.496 e. The second kappa shape index (κ2) is 5.24. The fourth-order valence-corrected chi connectivity index (χ4v) is 2.67. The van der Waals surface area contributed by atoms with Crippen molar-refractivity contribution < 1.29 is 9.47 Å². The SMILES string of the molecule is COc1cccc(OC)c1-c1cnc2cc3[nH]ncc3cc2n1. The summed E-state index contributed by atoms with van der Waals surface area (Å²) in [6, 6.07) is 9.54. The van der Waals surface area contributed by atoms with Crippen LogP contribution in [0.5, 0.6) is 11.5 Å². The summed E-state index contributed by atoms with van der Waals surface area (Å²) in [5, 5.41) is 7.97. The van der Waals surface area contributed by atoms with Crippen molar-refractivity contribution >= 4 is 21.9 Å². The Labute approximate surface area is 132 Å². The van der Waals surface area contributed by atoms with Crippen LogP contribution in [0.4, 0.5) is 0 Å². The average molecular weight is 306 g/mol. The first-order valence-corrected chi connectivity index (χ1v) is 7.11. The number of H-pyrrole nitrogens is 1. The van der Waals surface area contributed by atoms with Gasteiger partial charge in [-0.2, -0.15) is 5.10 Å². The number of aromatic amines is 1. The van der Waals surface area contributed by atoms with Gasteiger partial charge in [-0.3, -0.25) is 10.1 Å². The Morgan fingerprint density at radius 2 is 1.74 bits per heavy atom. The molecule has 2 aromatic carbocycles. The first-order valence-electron chi connectivity index (χ1n) is 7.11. The standard InChI is InChI=1S/C17H14N4O2/c1-22-15-4-3-5-16(23-2)17(15)14-9-18-12-7-11-10(8-19-21-11)6-13(12)20-14/h3-9H,1-2H3,(H,19,21). The van der Waals surface area contributed by atoms with Crippen LogP contribution >= 0.6 is 0 Å². The van der Waals surface area contributed by atoms with Crippen molar-refractivity contribution in [2.45, 2.75) is 0 Å². The fraction of sp³-hybridized carbons (Fsp3) is 0.118. The van der Waals surface area contributed by atoms with Crippen LogP contribution in [-0.4, -0.2) is 34.4 Å². The quantitative estimate of drug-likeness (QED) is 0.629. The van der Waals surface area contributed by atoms with Crippen LogP contribution in [0.2, 0.25) is 0 Å². The highest BCUT2D eigenvalue weighted by Gasteiger charge is 2.15. The third kappa shape index (κ3) is 2.15. The van der Waals surface area contributed by atoms with Crippen LogP contribution < -0.4 is 9.47 Å². The maximum absolute atomic E-state index is 5.45. The maximum Gasteiger partial charge on any atom is 0.132 e. The van der Waals surface area contributed by atoms with E-state index in [0.29, 0.717) is 17.2 Å². The molecular formula is C17H14N4O2. The molecule has 0 atom stereocenters. The molecule has 0 saturated heterocycles.